The molecule has 0 spiro atoms. The Balaban J connectivity index is 2.58. The zero-order valence-corrected chi connectivity index (χ0v) is 13.3. The lowest BCUT2D eigenvalue weighted by Crippen LogP contribution is -1.98. The number of halogens is 1. The molecule has 4 nitrogen and oxygen atoms in total. The van der Waals surface area contributed by atoms with Crippen molar-refractivity contribution in [1.82, 2.24) is 4.98 Å². The first-order chi connectivity index (χ1) is 10.5. The number of carbonyl (C=O) groups excluding carboxylic acids is 1. The number of hydrogen-bond acceptors (Lipinski definition) is 4. The van der Waals surface area contributed by atoms with Crippen LogP contribution in [0.3, 0.4) is 0 Å². The SMILES string of the molecule is COC(=O)/C=C/c1c(-c2ccc(Cl)cc2)cc(OC)nc1C. The second kappa shape index (κ2) is 7.09. The Bertz CT molecular complexity index is 709. The van der Waals surface area contributed by atoms with Crippen LogP contribution in [0.4, 0.5) is 0 Å². The summed E-state index contributed by atoms with van der Waals surface area (Å²) in [5, 5.41) is 0.660. The Morgan fingerprint density at radius 2 is 1.91 bits per heavy atom. The molecule has 0 aliphatic carbocycles. The van der Waals surface area contributed by atoms with Crippen molar-refractivity contribution in [2.45, 2.75) is 6.92 Å². The molecule has 0 aliphatic heterocycles. The van der Waals surface area contributed by atoms with E-state index in [0.717, 1.165) is 22.4 Å². The van der Waals surface area contributed by atoms with Gasteiger partial charge >= 0.3 is 5.97 Å². The molecule has 0 radical (unpaired) electrons. The van der Waals surface area contributed by atoms with E-state index in [-0.39, 0.29) is 0 Å². The minimum absolute atomic E-state index is 0.419. The Labute approximate surface area is 134 Å². The summed E-state index contributed by atoms with van der Waals surface area (Å²) < 4.78 is 9.86. The molecule has 0 saturated carbocycles. The van der Waals surface area contributed by atoms with Gasteiger partial charge in [-0.15, -0.1) is 0 Å². The van der Waals surface area contributed by atoms with Gasteiger partial charge in [-0.3, -0.25) is 0 Å². The van der Waals surface area contributed by atoms with Crippen LogP contribution in [-0.4, -0.2) is 25.2 Å². The maximum Gasteiger partial charge on any atom is 0.330 e. The van der Waals surface area contributed by atoms with Gasteiger partial charge in [-0.2, -0.15) is 0 Å². The number of esters is 1. The zero-order valence-electron chi connectivity index (χ0n) is 12.6. The average Bonchev–Trinajstić information content (AvgIpc) is 2.53. The highest BCUT2D eigenvalue weighted by atomic mass is 35.5. The van der Waals surface area contributed by atoms with E-state index in [9.17, 15) is 4.79 Å². The van der Waals surface area contributed by atoms with Crippen molar-refractivity contribution in [2.75, 3.05) is 14.2 Å². The van der Waals surface area contributed by atoms with Gasteiger partial charge in [-0.1, -0.05) is 23.7 Å². The van der Waals surface area contributed by atoms with E-state index in [1.165, 1.54) is 13.2 Å². The summed E-state index contributed by atoms with van der Waals surface area (Å²) in [7, 11) is 2.91. The van der Waals surface area contributed by atoms with Crippen molar-refractivity contribution in [1.29, 1.82) is 0 Å². The fourth-order valence-corrected chi connectivity index (χ4v) is 2.18. The third-order valence-electron chi connectivity index (χ3n) is 3.18. The summed E-state index contributed by atoms with van der Waals surface area (Å²) in [6.45, 7) is 1.86. The second-order valence-corrected chi connectivity index (χ2v) is 5.01. The molecule has 0 N–H and O–H groups in total. The molecule has 0 atom stereocenters. The number of carbonyl (C=O) groups is 1. The topological polar surface area (TPSA) is 48.4 Å². The highest BCUT2D eigenvalue weighted by molar-refractivity contribution is 6.30. The van der Waals surface area contributed by atoms with Crippen molar-refractivity contribution in [3.8, 4) is 17.0 Å². The van der Waals surface area contributed by atoms with Gasteiger partial charge < -0.3 is 9.47 Å². The van der Waals surface area contributed by atoms with E-state index in [0.29, 0.717) is 10.9 Å². The van der Waals surface area contributed by atoms with Gasteiger partial charge in [-0.05, 0) is 36.3 Å². The van der Waals surface area contributed by atoms with Gasteiger partial charge in [0.2, 0.25) is 5.88 Å². The molecule has 1 heterocycles. The molecule has 0 saturated heterocycles. The number of methoxy groups -OCH3 is 2. The third-order valence-corrected chi connectivity index (χ3v) is 3.43. The predicted molar refractivity (Wildman–Crippen MR) is 87.0 cm³/mol. The summed E-state index contributed by atoms with van der Waals surface area (Å²) in [4.78, 5) is 15.7. The Kier molecular flexibility index (Phi) is 5.17. The molecule has 114 valence electrons. The van der Waals surface area contributed by atoms with Crippen molar-refractivity contribution < 1.29 is 14.3 Å². The van der Waals surface area contributed by atoms with Crippen molar-refractivity contribution in [3.05, 3.63) is 52.7 Å². The number of nitrogens with zero attached hydrogens (tertiary/aromatic N) is 1. The first-order valence-corrected chi connectivity index (χ1v) is 7.00. The van der Waals surface area contributed by atoms with Crippen LogP contribution in [0.25, 0.3) is 17.2 Å². The first-order valence-electron chi connectivity index (χ1n) is 6.62. The highest BCUT2D eigenvalue weighted by Crippen LogP contribution is 2.30. The lowest BCUT2D eigenvalue weighted by molar-refractivity contribution is -0.134. The first kappa shape index (κ1) is 16.0. The molecule has 0 aliphatic rings. The predicted octanol–water partition coefficient (Wildman–Crippen LogP) is 3.91. The van der Waals surface area contributed by atoms with E-state index in [1.807, 2.05) is 37.3 Å². The van der Waals surface area contributed by atoms with E-state index in [2.05, 4.69) is 9.72 Å². The molecule has 0 fully saturated rings. The number of pyridine rings is 1. The van der Waals surface area contributed by atoms with Crippen LogP contribution >= 0.6 is 11.6 Å². The van der Waals surface area contributed by atoms with Gasteiger partial charge in [0, 0.05) is 28.4 Å². The van der Waals surface area contributed by atoms with Crippen LogP contribution in [0.2, 0.25) is 5.02 Å². The molecule has 0 bridgehead atoms. The highest BCUT2D eigenvalue weighted by Gasteiger charge is 2.11. The molecule has 1 aromatic heterocycles. The fourth-order valence-electron chi connectivity index (χ4n) is 2.06. The molecule has 2 rings (SSSR count). The Hall–Kier alpha value is -2.33. The Morgan fingerprint density at radius 1 is 1.23 bits per heavy atom. The fraction of sp³-hybridized carbons (Fsp3) is 0.176. The third kappa shape index (κ3) is 3.65. The molecular weight excluding hydrogens is 302 g/mol. The number of hydrogen-bond donors (Lipinski definition) is 0. The van der Waals surface area contributed by atoms with Gasteiger partial charge in [0.1, 0.15) is 0 Å². The van der Waals surface area contributed by atoms with Crippen LogP contribution in [-0.2, 0) is 9.53 Å². The molecule has 0 amide bonds. The normalized spacial score (nSPS) is 10.7. The van der Waals surface area contributed by atoms with E-state index < -0.39 is 5.97 Å². The van der Waals surface area contributed by atoms with Crippen LogP contribution in [0.15, 0.2) is 36.4 Å². The summed E-state index contributed by atoms with van der Waals surface area (Å²) in [6, 6.07) is 9.27. The average molecular weight is 318 g/mol. The largest absolute Gasteiger partial charge is 0.481 e. The van der Waals surface area contributed by atoms with E-state index >= 15 is 0 Å². The maximum atomic E-state index is 11.3. The van der Waals surface area contributed by atoms with Gasteiger partial charge in [-0.25, -0.2) is 9.78 Å². The van der Waals surface area contributed by atoms with Crippen LogP contribution < -0.4 is 4.74 Å². The summed E-state index contributed by atoms with van der Waals surface area (Å²) in [6.07, 6.45) is 3.06. The summed E-state index contributed by atoms with van der Waals surface area (Å²) in [5.41, 5.74) is 3.44. The second-order valence-electron chi connectivity index (χ2n) is 4.57. The van der Waals surface area contributed by atoms with Crippen molar-refractivity contribution >= 4 is 23.6 Å². The lowest BCUT2D eigenvalue weighted by Gasteiger charge is -2.11. The molecule has 2 aromatic rings. The van der Waals surface area contributed by atoms with Crippen LogP contribution in [0, 0.1) is 6.92 Å². The molecule has 0 unspecified atom stereocenters. The van der Waals surface area contributed by atoms with Crippen LogP contribution in [0.5, 0.6) is 5.88 Å². The molecule has 22 heavy (non-hydrogen) atoms. The van der Waals surface area contributed by atoms with Crippen molar-refractivity contribution in [2.24, 2.45) is 0 Å². The minimum atomic E-state index is -0.419. The number of aromatic nitrogens is 1. The van der Waals surface area contributed by atoms with Crippen molar-refractivity contribution in [3.63, 3.8) is 0 Å². The zero-order chi connectivity index (χ0) is 16.1. The quantitative estimate of drug-likeness (QED) is 0.633. The lowest BCUT2D eigenvalue weighted by atomic mass is 9.99. The van der Waals surface area contributed by atoms with E-state index in [4.69, 9.17) is 16.3 Å². The van der Waals surface area contributed by atoms with Gasteiger partial charge in [0.15, 0.2) is 0 Å². The number of aryl methyl sites for hydroxylation is 1. The van der Waals surface area contributed by atoms with Gasteiger partial charge in [0.25, 0.3) is 0 Å². The molecular formula is C17H16ClNO3. The maximum absolute atomic E-state index is 11.3. The molecule has 5 heteroatoms. The van der Waals surface area contributed by atoms with Crippen LogP contribution in [0.1, 0.15) is 11.3 Å². The number of rotatable bonds is 4. The van der Waals surface area contributed by atoms with Gasteiger partial charge in [0.05, 0.1) is 14.2 Å². The summed E-state index contributed by atoms with van der Waals surface area (Å²) in [5.74, 6) is 0.0925. The number of benzene rings is 1. The monoisotopic (exact) mass is 317 g/mol. The minimum Gasteiger partial charge on any atom is -0.481 e. The smallest absolute Gasteiger partial charge is 0.330 e. The standard InChI is InChI=1S/C17H16ClNO3/c1-11-14(8-9-17(20)22-3)15(10-16(19-11)21-2)12-4-6-13(18)7-5-12/h4-10H,1-3H3/b9-8+. The Morgan fingerprint density at radius 3 is 2.50 bits per heavy atom. The number of ether oxygens (including phenoxy) is 2. The van der Waals surface area contributed by atoms with E-state index in [1.54, 1.807) is 13.2 Å². The molecule has 1 aromatic carbocycles. The summed E-state index contributed by atoms with van der Waals surface area (Å²) >= 11 is 5.94.